The fourth-order valence-corrected chi connectivity index (χ4v) is 4.57. The molecule has 0 saturated carbocycles. The number of hydrogen-bond acceptors (Lipinski definition) is 5. The molecule has 5 rings (SSSR count). The van der Waals surface area contributed by atoms with Crippen molar-refractivity contribution in [2.45, 2.75) is 38.3 Å². The third-order valence-corrected chi connectivity index (χ3v) is 6.32. The maximum Gasteiger partial charge on any atom is 0.349 e. The Labute approximate surface area is 179 Å². The average molecular weight is 475 g/mol. The van der Waals surface area contributed by atoms with Gasteiger partial charge in [0, 0.05) is 42.9 Å². The Hall–Kier alpha value is -2.52. The molecule has 0 N–H and O–H groups in total. The maximum atomic E-state index is 14.2. The Balaban J connectivity index is 1.85. The van der Waals surface area contributed by atoms with Crippen molar-refractivity contribution in [3.05, 3.63) is 45.3 Å². The van der Waals surface area contributed by atoms with E-state index in [1.54, 1.807) is 34.8 Å². The van der Waals surface area contributed by atoms with Gasteiger partial charge in [0.15, 0.2) is 5.58 Å². The SMILES string of the molecule is CC[C@H]1C[C@@H](n2c(=O)nc(-c3cnn(C)c3)c3oc4cc(F)c(Br)cc4c32)CCO1. The van der Waals surface area contributed by atoms with Crippen molar-refractivity contribution in [3.63, 3.8) is 0 Å². The van der Waals surface area contributed by atoms with E-state index >= 15 is 0 Å². The molecule has 30 heavy (non-hydrogen) atoms. The minimum Gasteiger partial charge on any atom is -0.452 e. The molecule has 3 aromatic heterocycles. The van der Waals surface area contributed by atoms with E-state index in [0.717, 1.165) is 6.42 Å². The van der Waals surface area contributed by atoms with Gasteiger partial charge < -0.3 is 9.15 Å². The summed E-state index contributed by atoms with van der Waals surface area (Å²) in [5, 5.41) is 4.86. The van der Waals surface area contributed by atoms with Crippen LogP contribution < -0.4 is 5.69 Å². The van der Waals surface area contributed by atoms with Crippen LogP contribution in [0.5, 0.6) is 0 Å². The van der Waals surface area contributed by atoms with Gasteiger partial charge in [0.1, 0.15) is 22.6 Å². The fourth-order valence-electron chi connectivity index (χ4n) is 4.23. The largest absolute Gasteiger partial charge is 0.452 e. The lowest BCUT2D eigenvalue weighted by molar-refractivity contribution is -0.00709. The zero-order valence-corrected chi connectivity index (χ0v) is 18.1. The van der Waals surface area contributed by atoms with Crippen LogP contribution in [0.2, 0.25) is 0 Å². The summed E-state index contributed by atoms with van der Waals surface area (Å²) in [7, 11) is 1.79. The van der Waals surface area contributed by atoms with Crippen LogP contribution in [0.1, 0.15) is 32.2 Å². The molecule has 1 aliphatic heterocycles. The van der Waals surface area contributed by atoms with Gasteiger partial charge in [0.25, 0.3) is 0 Å². The smallest absolute Gasteiger partial charge is 0.349 e. The summed E-state index contributed by atoms with van der Waals surface area (Å²) in [6.45, 7) is 2.65. The molecule has 0 radical (unpaired) electrons. The maximum absolute atomic E-state index is 14.2. The summed E-state index contributed by atoms with van der Waals surface area (Å²) in [4.78, 5) is 17.6. The summed E-state index contributed by atoms with van der Waals surface area (Å²) in [5.41, 5.74) is 2.18. The topological polar surface area (TPSA) is 75.1 Å². The third-order valence-electron chi connectivity index (χ3n) is 5.71. The van der Waals surface area contributed by atoms with Crippen LogP contribution in [0.4, 0.5) is 4.39 Å². The summed E-state index contributed by atoms with van der Waals surface area (Å²) < 4.78 is 29.7. The highest BCUT2D eigenvalue weighted by Crippen LogP contribution is 2.38. The molecule has 0 unspecified atom stereocenters. The van der Waals surface area contributed by atoms with E-state index in [2.05, 4.69) is 32.9 Å². The molecule has 7 nitrogen and oxygen atoms in total. The molecular formula is C21H20BrFN4O3. The van der Waals surface area contributed by atoms with Crippen LogP contribution in [0.15, 0.2) is 38.2 Å². The highest BCUT2D eigenvalue weighted by Gasteiger charge is 2.29. The number of nitrogens with zero attached hydrogens (tertiary/aromatic N) is 4. The zero-order valence-electron chi connectivity index (χ0n) is 16.6. The van der Waals surface area contributed by atoms with Crippen LogP contribution in [-0.2, 0) is 11.8 Å². The van der Waals surface area contributed by atoms with Gasteiger partial charge in [-0.3, -0.25) is 9.25 Å². The quantitative estimate of drug-likeness (QED) is 0.434. The van der Waals surface area contributed by atoms with Gasteiger partial charge >= 0.3 is 5.69 Å². The second-order valence-electron chi connectivity index (χ2n) is 7.64. The summed E-state index contributed by atoms with van der Waals surface area (Å²) in [6, 6.07) is 2.93. The summed E-state index contributed by atoms with van der Waals surface area (Å²) >= 11 is 3.26. The predicted octanol–water partition coefficient (Wildman–Crippen LogP) is 4.57. The number of halogens is 2. The molecule has 0 spiro atoms. The molecule has 156 valence electrons. The van der Waals surface area contributed by atoms with E-state index < -0.39 is 5.82 Å². The molecule has 0 bridgehead atoms. The van der Waals surface area contributed by atoms with Gasteiger partial charge in [0.05, 0.1) is 16.8 Å². The fraction of sp³-hybridized carbons (Fsp3) is 0.381. The van der Waals surface area contributed by atoms with E-state index in [4.69, 9.17) is 9.15 Å². The van der Waals surface area contributed by atoms with E-state index in [1.165, 1.54) is 6.07 Å². The van der Waals surface area contributed by atoms with Crippen molar-refractivity contribution < 1.29 is 13.5 Å². The van der Waals surface area contributed by atoms with E-state index in [0.29, 0.717) is 57.2 Å². The lowest BCUT2D eigenvalue weighted by atomic mass is 10.0. The van der Waals surface area contributed by atoms with Crippen LogP contribution in [0, 0.1) is 5.82 Å². The van der Waals surface area contributed by atoms with Crippen molar-refractivity contribution in [2.75, 3.05) is 6.61 Å². The van der Waals surface area contributed by atoms with E-state index in [-0.39, 0.29) is 17.8 Å². The van der Waals surface area contributed by atoms with Crippen molar-refractivity contribution in [1.29, 1.82) is 0 Å². The number of fused-ring (bicyclic) bond motifs is 3. The molecule has 0 aliphatic carbocycles. The Bertz CT molecular complexity index is 1330. The second-order valence-corrected chi connectivity index (χ2v) is 8.49. The highest BCUT2D eigenvalue weighted by molar-refractivity contribution is 9.10. The van der Waals surface area contributed by atoms with Crippen molar-refractivity contribution >= 4 is 38.0 Å². The van der Waals surface area contributed by atoms with Crippen LogP contribution >= 0.6 is 15.9 Å². The number of hydrogen-bond donors (Lipinski definition) is 0. The average Bonchev–Trinajstić information content (AvgIpc) is 3.32. The molecule has 1 aliphatic rings. The van der Waals surface area contributed by atoms with Gasteiger partial charge in [0.2, 0.25) is 0 Å². The molecule has 1 saturated heterocycles. The highest BCUT2D eigenvalue weighted by atomic mass is 79.9. The van der Waals surface area contributed by atoms with Gasteiger partial charge in [-0.25, -0.2) is 9.18 Å². The summed E-state index contributed by atoms with van der Waals surface area (Å²) in [6.07, 6.45) is 5.79. The van der Waals surface area contributed by atoms with Crippen LogP contribution in [0.3, 0.4) is 0 Å². The first-order valence-corrected chi connectivity index (χ1v) is 10.7. The minimum atomic E-state index is -0.427. The molecule has 2 atom stereocenters. The predicted molar refractivity (Wildman–Crippen MR) is 114 cm³/mol. The first-order valence-electron chi connectivity index (χ1n) is 9.90. The first-order chi connectivity index (χ1) is 14.5. The number of furan rings is 1. The molecule has 0 amide bonds. The number of benzene rings is 1. The van der Waals surface area contributed by atoms with Gasteiger partial charge in [-0.2, -0.15) is 10.1 Å². The second kappa shape index (κ2) is 7.31. The Morgan fingerprint density at radius 1 is 1.37 bits per heavy atom. The minimum absolute atomic E-state index is 0.0706. The Morgan fingerprint density at radius 2 is 2.20 bits per heavy atom. The van der Waals surface area contributed by atoms with Crippen LogP contribution in [0.25, 0.3) is 33.3 Å². The standard InChI is InChI=1S/C21H20BrFN4O3/c1-3-13-6-12(4-5-29-13)27-19-14-7-15(22)16(23)8-17(14)30-20(19)18(25-21(27)28)11-9-24-26(2)10-11/h7-10,12-13H,3-6H2,1-2H3/t12-,13-/m0/s1. The lowest BCUT2D eigenvalue weighted by Gasteiger charge is -2.30. The van der Waals surface area contributed by atoms with Gasteiger partial charge in [-0.15, -0.1) is 0 Å². The zero-order chi connectivity index (χ0) is 21.0. The molecule has 4 heterocycles. The normalized spacial score (nSPS) is 19.7. The molecule has 4 aromatic rings. The number of aromatic nitrogens is 4. The Kier molecular flexibility index (Phi) is 4.74. The van der Waals surface area contributed by atoms with Crippen molar-refractivity contribution in [3.8, 4) is 11.3 Å². The number of rotatable bonds is 3. The molecule has 1 aromatic carbocycles. The van der Waals surface area contributed by atoms with Crippen molar-refractivity contribution in [1.82, 2.24) is 19.3 Å². The first kappa shape index (κ1) is 19.4. The summed E-state index contributed by atoms with van der Waals surface area (Å²) in [5.74, 6) is -0.427. The number of ether oxygens (including phenoxy) is 1. The number of aryl methyl sites for hydroxylation is 1. The van der Waals surface area contributed by atoms with Crippen molar-refractivity contribution in [2.24, 2.45) is 7.05 Å². The van der Waals surface area contributed by atoms with E-state index in [1.807, 2.05) is 0 Å². The molecule has 1 fully saturated rings. The van der Waals surface area contributed by atoms with Gasteiger partial charge in [-0.1, -0.05) is 6.92 Å². The third kappa shape index (κ3) is 3.07. The monoisotopic (exact) mass is 474 g/mol. The van der Waals surface area contributed by atoms with Gasteiger partial charge in [-0.05, 0) is 41.3 Å². The van der Waals surface area contributed by atoms with E-state index in [9.17, 15) is 9.18 Å². The Morgan fingerprint density at radius 3 is 2.93 bits per heavy atom. The lowest BCUT2D eigenvalue weighted by Crippen LogP contribution is -2.34. The molecular weight excluding hydrogens is 455 g/mol. The molecule has 9 heteroatoms. The van der Waals surface area contributed by atoms with Crippen LogP contribution in [-0.4, -0.2) is 32.0 Å².